The van der Waals surface area contributed by atoms with E-state index < -0.39 is 5.54 Å². The fourth-order valence-electron chi connectivity index (χ4n) is 2.35. The minimum absolute atomic E-state index is 0.00981. The summed E-state index contributed by atoms with van der Waals surface area (Å²) >= 11 is 0. The van der Waals surface area contributed by atoms with Crippen LogP contribution in [0.1, 0.15) is 53.9 Å². The second-order valence-electron chi connectivity index (χ2n) is 6.11. The highest BCUT2D eigenvalue weighted by molar-refractivity contribution is 5.99. The number of carbonyl (C=O) groups is 2. The second-order valence-corrected chi connectivity index (χ2v) is 6.11. The molecule has 0 spiro atoms. The average Bonchev–Trinajstić information content (AvgIpc) is 2.24. The Balaban J connectivity index is 2.91. The standard InChI is InChI=1S/C14H26N2O2/c1-6-7-8-16-11(9-10(2)3)12(17)15-14(4,5)13(16)18/h10-11H,6-9H2,1-5H3,(H,15,17). The van der Waals surface area contributed by atoms with Crippen molar-refractivity contribution in [2.75, 3.05) is 6.54 Å². The second kappa shape index (κ2) is 5.72. The number of amides is 2. The van der Waals surface area contributed by atoms with Gasteiger partial charge in [0.25, 0.3) is 0 Å². The predicted octanol–water partition coefficient (Wildman–Crippen LogP) is 1.94. The van der Waals surface area contributed by atoms with Gasteiger partial charge in [-0.1, -0.05) is 27.2 Å². The number of hydrogen-bond acceptors (Lipinski definition) is 2. The molecule has 1 rings (SSSR count). The van der Waals surface area contributed by atoms with Crippen LogP contribution in [-0.4, -0.2) is 34.8 Å². The highest BCUT2D eigenvalue weighted by atomic mass is 16.2. The molecule has 0 aliphatic carbocycles. The van der Waals surface area contributed by atoms with Gasteiger partial charge in [0.05, 0.1) is 0 Å². The van der Waals surface area contributed by atoms with Crippen molar-refractivity contribution < 1.29 is 9.59 Å². The van der Waals surface area contributed by atoms with E-state index >= 15 is 0 Å². The maximum Gasteiger partial charge on any atom is 0.248 e. The summed E-state index contributed by atoms with van der Waals surface area (Å²) in [4.78, 5) is 26.3. The Morgan fingerprint density at radius 3 is 2.44 bits per heavy atom. The van der Waals surface area contributed by atoms with Crippen LogP contribution in [0.4, 0.5) is 0 Å². The number of nitrogens with zero attached hydrogens (tertiary/aromatic N) is 1. The van der Waals surface area contributed by atoms with Crippen molar-refractivity contribution in [2.24, 2.45) is 5.92 Å². The predicted molar refractivity (Wildman–Crippen MR) is 72.1 cm³/mol. The zero-order chi connectivity index (χ0) is 13.9. The molecule has 0 bridgehead atoms. The average molecular weight is 254 g/mol. The van der Waals surface area contributed by atoms with Crippen molar-refractivity contribution in [3.63, 3.8) is 0 Å². The van der Waals surface area contributed by atoms with E-state index in [9.17, 15) is 9.59 Å². The van der Waals surface area contributed by atoms with Crippen LogP contribution in [-0.2, 0) is 9.59 Å². The molecule has 18 heavy (non-hydrogen) atoms. The molecular formula is C14H26N2O2. The zero-order valence-corrected chi connectivity index (χ0v) is 12.2. The number of hydrogen-bond donors (Lipinski definition) is 1. The maximum atomic E-state index is 12.4. The van der Waals surface area contributed by atoms with Gasteiger partial charge >= 0.3 is 0 Å². The number of carbonyl (C=O) groups excluding carboxylic acids is 2. The minimum atomic E-state index is -0.766. The van der Waals surface area contributed by atoms with Crippen LogP contribution < -0.4 is 5.32 Å². The third-order valence-electron chi connectivity index (χ3n) is 3.36. The van der Waals surface area contributed by atoms with E-state index in [1.54, 1.807) is 18.7 Å². The molecule has 0 saturated carbocycles. The van der Waals surface area contributed by atoms with Crippen LogP contribution in [0.3, 0.4) is 0 Å². The Hall–Kier alpha value is -1.06. The first-order valence-electron chi connectivity index (χ1n) is 6.92. The van der Waals surface area contributed by atoms with E-state index in [0.29, 0.717) is 12.5 Å². The largest absolute Gasteiger partial charge is 0.340 e. The van der Waals surface area contributed by atoms with E-state index in [1.165, 1.54) is 0 Å². The topological polar surface area (TPSA) is 49.4 Å². The Morgan fingerprint density at radius 2 is 1.94 bits per heavy atom. The summed E-state index contributed by atoms with van der Waals surface area (Å²) in [5, 5.41) is 2.84. The van der Waals surface area contributed by atoms with Crippen LogP contribution in [0.5, 0.6) is 0 Å². The summed E-state index contributed by atoms with van der Waals surface area (Å²) < 4.78 is 0. The molecule has 1 aliphatic heterocycles. The molecule has 2 amide bonds. The summed E-state index contributed by atoms with van der Waals surface area (Å²) in [6.45, 7) is 10.5. The molecular weight excluding hydrogens is 228 g/mol. The molecule has 0 aromatic heterocycles. The minimum Gasteiger partial charge on any atom is -0.340 e. The Kier molecular flexibility index (Phi) is 4.77. The SMILES string of the molecule is CCCCN1C(=O)C(C)(C)NC(=O)C1CC(C)C. The summed E-state index contributed by atoms with van der Waals surface area (Å²) in [5.74, 6) is 0.435. The van der Waals surface area contributed by atoms with Crippen LogP contribution in [0.2, 0.25) is 0 Å². The fourth-order valence-corrected chi connectivity index (χ4v) is 2.35. The van der Waals surface area contributed by atoms with E-state index in [4.69, 9.17) is 0 Å². The van der Waals surface area contributed by atoms with Crippen LogP contribution >= 0.6 is 0 Å². The third kappa shape index (κ3) is 3.24. The van der Waals surface area contributed by atoms with E-state index in [0.717, 1.165) is 19.3 Å². The van der Waals surface area contributed by atoms with Crippen LogP contribution in [0.25, 0.3) is 0 Å². The first-order valence-corrected chi connectivity index (χ1v) is 6.92. The van der Waals surface area contributed by atoms with Crippen LogP contribution in [0.15, 0.2) is 0 Å². The summed E-state index contributed by atoms with van der Waals surface area (Å²) in [5.41, 5.74) is -0.766. The highest BCUT2D eigenvalue weighted by Crippen LogP contribution is 2.22. The van der Waals surface area contributed by atoms with Gasteiger partial charge in [-0.15, -0.1) is 0 Å². The van der Waals surface area contributed by atoms with Gasteiger partial charge in [0, 0.05) is 6.54 Å². The Labute approximate surface area is 110 Å². The van der Waals surface area contributed by atoms with E-state index in [-0.39, 0.29) is 17.9 Å². The van der Waals surface area contributed by atoms with Gasteiger partial charge < -0.3 is 10.2 Å². The van der Waals surface area contributed by atoms with Crippen molar-refractivity contribution >= 4 is 11.8 Å². The molecule has 1 unspecified atom stereocenters. The van der Waals surface area contributed by atoms with Gasteiger partial charge in [-0.25, -0.2) is 0 Å². The summed E-state index contributed by atoms with van der Waals surface area (Å²) in [6.07, 6.45) is 2.71. The smallest absolute Gasteiger partial charge is 0.248 e. The lowest BCUT2D eigenvalue weighted by Crippen LogP contribution is -2.68. The monoisotopic (exact) mass is 254 g/mol. The molecule has 0 aromatic rings. The van der Waals surface area contributed by atoms with Crippen molar-refractivity contribution in [3.8, 4) is 0 Å². The molecule has 4 nitrogen and oxygen atoms in total. The van der Waals surface area contributed by atoms with Gasteiger partial charge in [-0.2, -0.15) is 0 Å². The van der Waals surface area contributed by atoms with Gasteiger partial charge in [0.2, 0.25) is 11.8 Å². The van der Waals surface area contributed by atoms with E-state index in [2.05, 4.69) is 26.1 Å². The van der Waals surface area contributed by atoms with Gasteiger partial charge in [-0.3, -0.25) is 9.59 Å². The molecule has 1 saturated heterocycles. The van der Waals surface area contributed by atoms with Gasteiger partial charge in [0.15, 0.2) is 0 Å². The quantitative estimate of drug-likeness (QED) is 0.815. The fraction of sp³-hybridized carbons (Fsp3) is 0.857. The lowest BCUT2D eigenvalue weighted by molar-refractivity contribution is -0.154. The lowest BCUT2D eigenvalue weighted by atomic mass is 9.92. The van der Waals surface area contributed by atoms with E-state index in [1.807, 2.05) is 0 Å². The Morgan fingerprint density at radius 1 is 1.33 bits per heavy atom. The lowest BCUT2D eigenvalue weighted by Gasteiger charge is -2.43. The first kappa shape index (κ1) is 15.0. The molecule has 1 N–H and O–H groups in total. The van der Waals surface area contributed by atoms with Crippen molar-refractivity contribution in [1.82, 2.24) is 10.2 Å². The molecule has 1 atom stereocenters. The highest BCUT2D eigenvalue weighted by Gasteiger charge is 2.44. The summed E-state index contributed by atoms with van der Waals surface area (Å²) in [7, 11) is 0. The summed E-state index contributed by atoms with van der Waals surface area (Å²) in [6, 6.07) is -0.294. The molecule has 0 aromatic carbocycles. The maximum absolute atomic E-state index is 12.4. The normalized spacial score (nSPS) is 23.4. The first-order chi connectivity index (χ1) is 8.29. The number of rotatable bonds is 5. The number of unbranched alkanes of at least 4 members (excludes halogenated alkanes) is 1. The zero-order valence-electron chi connectivity index (χ0n) is 12.2. The van der Waals surface area contributed by atoms with Gasteiger partial charge in [-0.05, 0) is 32.6 Å². The Bertz CT molecular complexity index is 324. The van der Waals surface area contributed by atoms with Crippen molar-refractivity contribution in [3.05, 3.63) is 0 Å². The third-order valence-corrected chi connectivity index (χ3v) is 3.36. The van der Waals surface area contributed by atoms with Gasteiger partial charge in [0.1, 0.15) is 11.6 Å². The molecule has 4 heteroatoms. The molecule has 1 fully saturated rings. The number of piperazine rings is 1. The molecule has 1 heterocycles. The molecule has 0 radical (unpaired) electrons. The molecule has 1 aliphatic rings. The van der Waals surface area contributed by atoms with Crippen molar-refractivity contribution in [1.29, 1.82) is 0 Å². The molecule has 104 valence electrons. The number of nitrogens with one attached hydrogen (secondary N) is 1. The van der Waals surface area contributed by atoms with Crippen LogP contribution in [0, 0.1) is 5.92 Å². The van der Waals surface area contributed by atoms with Crippen molar-refractivity contribution in [2.45, 2.75) is 65.5 Å².